The van der Waals surface area contributed by atoms with Crippen molar-refractivity contribution in [1.29, 1.82) is 5.26 Å². The Bertz CT molecular complexity index is 367. The number of nitrogens with zero attached hydrogens (tertiary/aromatic N) is 2. The fourth-order valence-electron chi connectivity index (χ4n) is 1.85. The second kappa shape index (κ2) is 7.05. The van der Waals surface area contributed by atoms with E-state index in [-0.39, 0.29) is 0 Å². The van der Waals surface area contributed by atoms with Crippen LogP contribution in [0.5, 0.6) is 0 Å². The fraction of sp³-hybridized carbons (Fsp3) is 0.500. The lowest BCUT2D eigenvalue weighted by molar-refractivity contribution is 0.0982. The largest absolute Gasteiger partial charge is 0.383 e. The summed E-state index contributed by atoms with van der Waals surface area (Å²) in [5.74, 6) is 0. The molecule has 92 valence electrons. The number of hydrogen-bond donors (Lipinski definition) is 0. The van der Waals surface area contributed by atoms with E-state index in [9.17, 15) is 0 Å². The van der Waals surface area contributed by atoms with Crippen LogP contribution in [-0.4, -0.2) is 31.2 Å². The summed E-state index contributed by atoms with van der Waals surface area (Å²) in [5, 5.41) is 8.74. The van der Waals surface area contributed by atoms with Crippen molar-refractivity contribution in [2.24, 2.45) is 0 Å². The zero-order chi connectivity index (χ0) is 12.7. The van der Waals surface area contributed by atoms with Crippen LogP contribution in [0.2, 0.25) is 0 Å². The number of rotatable bonds is 6. The van der Waals surface area contributed by atoms with E-state index in [1.807, 2.05) is 24.3 Å². The van der Waals surface area contributed by atoms with E-state index in [0.717, 1.165) is 19.7 Å². The Balaban J connectivity index is 2.64. The first-order valence-electron chi connectivity index (χ1n) is 5.93. The van der Waals surface area contributed by atoms with Crippen molar-refractivity contribution < 1.29 is 4.74 Å². The number of ether oxygens (including phenoxy) is 1. The molecule has 0 heterocycles. The quantitative estimate of drug-likeness (QED) is 0.755. The maximum absolute atomic E-state index is 8.74. The molecule has 1 rings (SSSR count). The van der Waals surface area contributed by atoms with Crippen molar-refractivity contribution in [3.05, 3.63) is 35.4 Å². The summed E-state index contributed by atoms with van der Waals surface area (Å²) in [6.07, 6.45) is 0. The predicted octanol–water partition coefficient (Wildman–Crippen LogP) is 2.42. The van der Waals surface area contributed by atoms with Gasteiger partial charge in [0.1, 0.15) is 0 Å². The third-order valence-electron chi connectivity index (χ3n) is 2.91. The second-order valence-corrected chi connectivity index (χ2v) is 4.18. The highest BCUT2D eigenvalue weighted by Gasteiger charge is 2.11. The molecule has 1 aromatic carbocycles. The summed E-state index contributed by atoms with van der Waals surface area (Å²) >= 11 is 0. The summed E-state index contributed by atoms with van der Waals surface area (Å²) in [6.45, 7) is 6.94. The highest BCUT2D eigenvalue weighted by Crippen LogP contribution is 2.09. The second-order valence-electron chi connectivity index (χ2n) is 4.18. The third-order valence-corrected chi connectivity index (χ3v) is 2.91. The highest BCUT2D eigenvalue weighted by molar-refractivity contribution is 5.31. The fourth-order valence-corrected chi connectivity index (χ4v) is 1.85. The lowest BCUT2D eigenvalue weighted by Gasteiger charge is -2.27. The molecule has 0 unspecified atom stereocenters. The van der Waals surface area contributed by atoms with Gasteiger partial charge in [0.2, 0.25) is 0 Å². The van der Waals surface area contributed by atoms with Crippen LogP contribution >= 0.6 is 0 Å². The average molecular weight is 232 g/mol. The van der Waals surface area contributed by atoms with Gasteiger partial charge in [-0.1, -0.05) is 19.1 Å². The zero-order valence-electron chi connectivity index (χ0n) is 10.8. The molecule has 1 aromatic rings. The molecule has 0 aliphatic rings. The Morgan fingerprint density at radius 3 is 2.47 bits per heavy atom. The Morgan fingerprint density at radius 2 is 2.00 bits per heavy atom. The Morgan fingerprint density at radius 1 is 1.35 bits per heavy atom. The van der Waals surface area contributed by atoms with Gasteiger partial charge in [-0.2, -0.15) is 5.26 Å². The zero-order valence-corrected chi connectivity index (χ0v) is 10.8. The Labute approximate surface area is 104 Å². The van der Waals surface area contributed by atoms with Gasteiger partial charge in [0, 0.05) is 19.7 Å². The summed E-state index contributed by atoms with van der Waals surface area (Å²) in [5.41, 5.74) is 1.94. The van der Waals surface area contributed by atoms with E-state index in [4.69, 9.17) is 10.00 Å². The monoisotopic (exact) mass is 232 g/mol. The summed E-state index contributed by atoms with van der Waals surface area (Å²) in [6, 6.07) is 10.3. The van der Waals surface area contributed by atoms with Crippen molar-refractivity contribution in [2.45, 2.75) is 26.4 Å². The third kappa shape index (κ3) is 4.18. The summed E-state index contributed by atoms with van der Waals surface area (Å²) in [4.78, 5) is 2.35. The van der Waals surface area contributed by atoms with Gasteiger partial charge in [-0.3, -0.25) is 4.90 Å². The molecule has 0 aliphatic carbocycles. The van der Waals surface area contributed by atoms with Crippen LogP contribution in [0.25, 0.3) is 0 Å². The van der Waals surface area contributed by atoms with Crippen LogP contribution in [0.1, 0.15) is 25.0 Å². The van der Waals surface area contributed by atoms with Gasteiger partial charge in [-0.25, -0.2) is 0 Å². The molecule has 3 heteroatoms. The molecule has 0 aliphatic heterocycles. The molecular formula is C14H20N2O. The van der Waals surface area contributed by atoms with Gasteiger partial charge in [0.05, 0.1) is 18.2 Å². The topological polar surface area (TPSA) is 36.3 Å². The van der Waals surface area contributed by atoms with E-state index in [1.165, 1.54) is 5.56 Å². The predicted molar refractivity (Wildman–Crippen MR) is 68.6 cm³/mol. The lowest BCUT2D eigenvalue weighted by Crippen LogP contribution is -2.35. The molecule has 0 fully saturated rings. The molecule has 0 radical (unpaired) electrons. The number of nitriles is 1. The van der Waals surface area contributed by atoms with E-state index in [0.29, 0.717) is 11.6 Å². The van der Waals surface area contributed by atoms with Crippen LogP contribution in [0.3, 0.4) is 0 Å². The molecule has 0 N–H and O–H groups in total. The molecule has 17 heavy (non-hydrogen) atoms. The summed E-state index contributed by atoms with van der Waals surface area (Å²) < 4.78 is 5.18. The van der Waals surface area contributed by atoms with Crippen LogP contribution in [0.15, 0.2) is 24.3 Å². The van der Waals surface area contributed by atoms with Crippen molar-refractivity contribution in [3.8, 4) is 6.07 Å². The van der Waals surface area contributed by atoms with Gasteiger partial charge in [0.15, 0.2) is 0 Å². The molecule has 0 amide bonds. The van der Waals surface area contributed by atoms with Gasteiger partial charge >= 0.3 is 0 Å². The molecule has 0 saturated heterocycles. The van der Waals surface area contributed by atoms with Crippen LogP contribution in [0.4, 0.5) is 0 Å². The first kappa shape index (κ1) is 13.7. The van der Waals surface area contributed by atoms with E-state index in [2.05, 4.69) is 24.8 Å². The highest BCUT2D eigenvalue weighted by atomic mass is 16.5. The molecule has 3 nitrogen and oxygen atoms in total. The number of methoxy groups -OCH3 is 1. The van der Waals surface area contributed by atoms with Crippen LogP contribution in [0, 0.1) is 11.3 Å². The van der Waals surface area contributed by atoms with Crippen molar-refractivity contribution in [2.75, 3.05) is 20.3 Å². The molecule has 1 atom stereocenters. The minimum atomic E-state index is 0.403. The van der Waals surface area contributed by atoms with Gasteiger partial charge in [-0.15, -0.1) is 0 Å². The Kier molecular flexibility index (Phi) is 5.68. The standard InChI is InChI=1S/C14H20N2O/c1-4-16(12(2)11-17-3)10-14-7-5-13(9-15)6-8-14/h5-8,12H,4,10-11H2,1-3H3/t12-/m0/s1. The summed E-state index contributed by atoms with van der Waals surface area (Å²) in [7, 11) is 1.73. The van der Waals surface area contributed by atoms with Crippen molar-refractivity contribution >= 4 is 0 Å². The molecule has 0 saturated carbocycles. The Hall–Kier alpha value is -1.37. The first-order valence-corrected chi connectivity index (χ1v) is 5.93. The maximum Gasteiger partial charge on any atom is 0.0991 e. The molecule has 0 bridgehead atoms. The molecule has 0 aromatic heterocycles. The number of likely N-dealkylation sites (N-methyl/N-ethyl adjacent to an activating group) is 1. The molecule has 0 spiro atoms. The van der Waals surface area contributed by atoms with Crippen LogP contribution < -0.4 is 0 Å². The average Bonchev–Trinajstić information content (AvgIpc) is 2.37. The van der Waals surface area contributed by atoms with Crippen molar-refractivity contribution in [1.82, 2.24) is 4.90 Å². The minimum Gasteiger partial charge on any atom is -0.383 e. The van der Waals surface area contributed by atoms with Gasteiger partial charge < -0.3 is 4.74 Å². The normalized spacial score (nSPS) is 12.4. The number of benzene rings is 1. The van der Waals surface area contributed by atoms with E-state index >= 15 is 0 Å². The first-order chi connectivity index (χ1) is 8.21. The van der Waals surface area contributed by atoms with Gasteiger partial charge in [0.25, 0.3) is 0 Å². The van der Waals surface area contributed by atoms with Crippen molar-refractivity contribution in [3.63, 3.8) is 0 Å². The van der Waals surface area contributed by atoms with Gasteiger partial charge in [-0.05, 0) is 31.2 Å². The maximum atomic E-state index is 8.74. The van der Waals surface area contributed by atoms with E-state index in [1.54, 1.807) is 7.11 Å². The number of hydrogen-bond acceptors (Lipinski definition) is 3. The van der Waals surface area contributed by atoms with Crippen LogP contribution in [-0.2, 0) is 11.3 Å². The smallest absolute Gasteiger partial charge is 0.0991 e. The SMILES string of the molecule is CCN(Cc1ccc(C#N)cc1)[C@@H](C)COC. The molecular weight excluding hydrogens is 212 g/mol. The van der Waals surface area contributed by atoms with E-state index < -0.39 is 0 Å². The minimum absolute atomic E-state index is 0.403. The lowest BCUT2D eigenvalue weighted by atomic mass is 10.1.